The smallest absolute Gasteiger partial charge is 0.123 e. The van der Waals surface area contributed by atoms with Gasteiger partial charge in [-0.1, -0.05) is 48.6 Å². The van der Waals surface area contributed by atoms with Gasteiger partial charge in [0.2, 0.25) is 0 Å². The lowest BCUT2D eigenvalue weighted by Gasteiger charge is -2.15. The first kappa shape index (κ1) is 17.7. The van der Waals surface area contributed by atoms with Crippen LogP contribution in [0, 0.1) is 5.82 Å². The number of ether oxygens (including phenoxy) is 2. The van der Waals surface area contributed by atoms with Crippen molar-refractivity contribution in [3.8, 4) is 11.5 Å². The topological polar surface area (TPSA) is 18.5 Å². The van der Waals surface area contributed by atoms with E-state index in [-0.39, 0.29) is 11.7 Å². The van der Waals surface area contributed by atoms with Gasteiger partial charge in [0.15, 0.2) is 0 Å². The van der Waals surface area contributed by atoms with Gasteiger partial charge in [0.05, 0.1) is 14.2 Å². The normalized spacial score (nSPS) is 11.1. The van der Waals surface area contributed by atoms with E-state index in [1.807, 2.05) is 60.7 Å². The molecule has 3 aromatic rings. The number of hydrogen-bond acceptors (Lipinski definition) is 2. The first-order valence-corrected chi connectivity index (χ1v) is 8.41. The minimum absolute atomic E-state index is 0.0371. The lowest BCUT2D eigenvalue weighted by molar-refractivity contribution is 0.414. The second-order valence-electron chi connectivity index (χ2n) is 5.94. The second kappa shape index (κ2) is 8.34. The molecule has 0 saturated heterocycles. The summed E-state index contributed by atoms with van der Waals surface area (Å²) in [6, 6.07) is 22.5. The Morgan fingerprint density at radius 1 is 0.769 bits per heavy atom. The van der Waals surface area contributed by atoms with Gasteiger partial charge in [-0.25, -0.2) is 4.39 Å². The van der Waals surface area contributed by atoms with Gasteiger partial charge in [0.1, 0.15) is 17.3 Å². The van der Waals surface area contributed by atoms with Crippen molar-refractivity contribution in [1.29, 1.82) is 0 Å². The summed E-state index contributed by atoms with van der Waals surface area (Å²) in [5.41, 5.74) is 3.09. The highest BCUT2D eigenvalue weighted by Gasteiger charge is 2.11. The number of benzene rings is 3. The molecule has 0 aliphatic carbocycles. The molecule has 132 valence electrons. The van der Waals surface area contributed by atoms with E-state index in [0.29, 0.717) is 0 Å². The molecular weight excluding hydrogens is 327 g/mol. The quantitative estimate of drug-likeness (QED) is 0.570. The van der Waals surface area contributed by atoms with Crippen molar-refractivity contribution in [2.45, 2.75) is 5.92 Å². The number of hydrogen-bond donors (Lipinski definition) is 0. The van der Waals surface area contributed by atoms with Crippen molar-refractivity contribution in [3.05, 3.63) is 101 Å². The second-order valence-corrected chi connectivity index (χ2v) is 5.94. The fraction of sp³-hybridized carbons (Fsp3) is 0.130. The zero-order chi connectivity index (χ0) is 18.4. The highest BCUT2D eigenvalue weighted by atomic mass is 19.1. The molecule has 0 amide bonds. The molecule has 0 radical (unpaired) electrons. The molecule has 0 spiro atoms. The van der Waals surface area contributed by atoms with Gasteiger partial charge in [-0.3, -0.25) is 0 Å². The Labute approximate surface area is 153 Å². The molecule has 0 unspecified atom stereocenters. The maximum atomic E-state index is 13.4. The van der Waals surface area contributed by atoms with E-state index < -0.39 is 0 Å². The fourth-order valence-electron chi connectivity index (χ4n) is 2.85. The summed E-state index contributed by atoms with van der Waals surface area (Å²) in [6.07, 6.45) is 4.03. The molecule has 0 fully saturated rings. The Morgan fingerprint density at radius 2 is 1.31 bits per heavy atom. The molecule has 0 aliphatic heterocycles. The van der Waals surface area contributed by atoms with E-state index in [0.717, 1.165) is 28.2 Å². The van der Waals surface area contributed by atoms with Crippen molar-refractivity contribution in [2.75, 3.05) is 14.2 Å². The van der Waals surface area contributed by atoms with Crippen LogP contribution in [-0.2, 0) is 0 Å². The van der Waals surface area contributed by atoms with E-state index >= 15 is 0 Å². The average molecular weight is 348 g/mol. The fourth-order valence-corrected chi connectivity index (χ4v) is 2.85. The van der Waals surface area contributed by atoms with Gasteiger partial charge in [0.25, 0.3) is 0 Å². The molecular formula is C23H21FO2. The van der Waals surface area contributed by atoms with Crippen LogP contribution in [0.2, 0.25) is 0 Å². The van der Waals surface area contributed by atoms with Crippen LogP contribution >= 0.6 is 0 Å². The number of rotatable bonds is 6. The van der Waals surface area contributed by atoms with Gasteiger partial charge in [-0.15, -0.1) is 0 Å². The van der Waals surface area contributed by atoms with E-state index in [1.165, 1.54) is 12.1 Å². The van der Waals surface area contributed by atoms with Crippen LogP contribution in [0.4, 0.5) is 4.39 Å². The summed E-state index contributed by atoms with van der Waals surface area (Å²) < 4.78 is 23.9. The summed E-state index contributed by atoms with van der Waals surface area (Å²) >= 11 is 0. The zero-order valence-electron chi connectivity index (χ0n) is 14.9. The van der Waals surface area contributed by atoms with Crippen LogP contribution in [0.5, 0.6) is 11.5 Å². The third kappa shape index (κ3) is 4.31. The Bertz CT molecular complexity index is 820. The van der Waals surface area contributed by atoms with E-state index in [4.69, 9.17) is 9.47 Å². The molecule has 3 aromatic carbocycles. The van der Waals surface area contributed by atoms with Crippen molar-refractivity contribution < 1.29 is 13.9 Å². The van der Waals surface area contributed by atoms with Gasteiger partial charge in [-0.2, -0.15) is 0 Å². The van der Waals surface area contributed by atoms with Crippen LogP contribution < -0.4 is 9.47 Å². The molecule has 26 heavy (non-hydrogen) atoms. The maximum absolute atomic E-state index is 13.4. The van der Waals surface area contributed by atoms with Crippen LogP contribution in [0.1, 0.15) is 22.6 Å². The van der Waals surface area contributed by atoms with Gasteiger partial charge >= 0.3 is 0 Å². The van der Waals surface area contributed by atoms with E-state index in [1.54, 1.807) is 20.3 Å². The maximum Gasteiger partial charge on any atom is 0.123 e. The first-order chi connectivity index (χ1) is 12.7. The summed E-state index contributed by atoms with van der Waals surface area (Å²) in [4.78, 5) is 0. The Hall–Kier alpha value is -3.07. The number of halogens is 1. The molecule has 0 aliphatic rings. The third-order valence-electron chi connectivity index (χ3n) is 4.28. The molecule has 0 saturated carbocycles. The molecule has 0 atom stereocenters. The average Bonchev–Trinajstić information content (AvgIpc) is 2.69. The molecule has 3 heteroatoms. The number of allylic oxidation sites excluding steroid dienone is 1. The highest BCUT2D eigenvalue weighted by Crippen LogP contribution is 2.29. The minimum atomic E-state index is -0.238. The standard InChI is InChI=1S/C23H21FO2/c1-25-21-11-7-18(8-12-21)23(19-9-13-22(26-2)14-10-19)15-6-17-4-3-5-20(24)16-17/h3-16,23H,1-2H3/b15-6+. The monoisotopic (exact) mass is 348 g/mol. The third-order valence-corrected chi connectivity index (χ3v) is 4.28. The summed E-state index contributed by atoms with van der Waals surface area (Å²) in [6.45, 7) is 0. The molecule has 0 heterocycles. The summed E-state index contributed by atoms with van der Waals surface area (Å²) in [7, 11) is 3.31. The van der Waals surface area contributed by atoms with Crippen LogP contribution in [-0.4, -0.2) is 14.2 Å². The van der Waals surface area contributed by atoms with Crippen LogP contribution in [0.3, 0.4) is 0 Å². The largest absolute Gasteiger partial charge is 0.497 e. The summed E-state index contributed by atoms with van der Waals surface area (Å²) in [5.74, 6) is 1.43. The molecule has 3 rings (SSSR count). The van der Waals surface area contributed by atoms with Gasteiger partial charge in [0, 0.05) is 5.92 Å². The molecule has 0 aromatic heterocycles. The van der Waals surface area contributed by atoms with Crippen molar-refractivity contribution in [2.24, 2.45) is 0 Å². The lowest BCUT2D eigenvalue weighted by Crippen LogP contribution is -1.98. The Balaban J connectivity index is 1.96. The molecule has 2 nitrogen and oxygen atoms in total. The SMILES string of the molecule is COc1ccc(C(/C=C/c2cccc(F)c2)c2ccc(OC)cc2)cc1. The van der Waals surface area contributed by atoms with Crippen LogP contribution in [0.15, 0.2) is 78.9 Å². The van der Waals surface area contributed by atoms with E-state index in [9.17, 15) is 4.39 Å². The molecule has 0 N–H and O–H groups in total. The predicted molar refractivity (Wildman–Crippen MR) is 103 cm³/mol. The minimum Gasteiger partial charge on any atom is -0.497 e. The first-order valence-electron chi connectivity index (χ1n) is 8.41. The predicted octanol–water partition coefficient (Wildman–Crippen LogP) is 5.69. The van der Waals surface area contributed by atoms with Gasteiger partial charge in [-0.05, 0) is 53.1 Å². The van der Waals surface area contributed by atoms with Crippen LogP contribution in [0.25, 0.3) is 6.08 Å². The Morgan fingerprint density at radius 3 is 1.77 bits per heavy atom. The Kier molecular flexibility index (Phi) is 5.69. The van der Waals surface area contributed by atoms with Crippen molar-refractivity contribution in [1.82, 2.24) is 0 Å². The van der Waals surface area contributed by atoms with Crippen molar-refractivity contribution in [3.63, 3.8) is 0 Å². The van der Waals surface area contributed by atoms with Gasteiger partial charge < -0.3 is 9.47 Å². The number of methoxy groups -OCH3 is 2. The zero-order valence-corrected chi connectivity index (χ0v) is 14.9. The van der Waals surface area contributed by atoms with E-state index in [2.05, 4.69) is 6.08 Å². The summed E-state index contributed by atoms with van der Waals surface area (Å²) in [5, 5.41) is 0. The lowest BCUT2D eigenvalue weighted by atomic mass is 9.90. The molecule has 0 bridgehead atoms. The van der Waals surface area contributed by atoms with Crippen molar-refractivity contribution >= 4 is 6.08 Å². The highest BCUT2D eigenvalue weighted by molar-refractivity contribution is 5.53.